The highest BCUT2D eigenvalue weighted by Gasteiger charge is 2.19. The lowest BCUT2D eigenvalue weighted by Crippen LogP contribution is -2.20. The predicted octanol–water partition coefficient (Wildman–Crippen LogP) is 7.31. The third-order valence-electron chi connectivity index (χ3n) is 7.34. The largest absolute Gasteiger partial charge is 0.496 e. The Kier molecular flexibility index (Phi) is 6.89. The average molecular weight is 507 g/mol. The minimum atomic E-state index is -0.200. The Morgan fingerprint density at radius 1 is 1.03 bits per heavy atom. The maximum atomic E-state index is 13.8. The van der Waals surface area contributed by atoms with Gasteiger partial charge in [-0.05, 0) is 67.6 Å². The molecule has 0 bridgehead atoms. The van der Waals surface area contributed by atoms with Crippen LogP contribution in [0.2, 0.25) is 0 Å². The number of ether oxygens (including phenoxy) is 1. The van der Waals surface area contributed by atoms with Crippen molar-refractivity contribution < 1.29 is 4.74 Å². The van der Waals surface area contributed by atoms with Crippen molar-refractivity contribution in [3.05, 3.63) is 93.9 Å². The van der Waals surface area contributed by atoms with Gasteiger partial charge in [0.2, 0.25) is 0 Å². The molecule has 0 amide bonds. The molecule has 6 nitrogen and oxygen atoms in total. The maximum Gasteiger partial charge on any atom is 0.282 e. The second-order valence-corrected chi connectivity index (χ2v) is 10.1. The number of hydrogen-bond acceptors (Lipinski definition) is 4. The highest BCUT2D eigenvalue weighted by atomic mass is 16.5. The number of benzene rings is 3. The lowest BCUT2D eigenvalue weighted by Gasteiger charge is -2.17. The van der Waals surface area contributed by atoms with E-state index >= 15 is 0 Å². The van der Waals surface area contributed by atoms with E-state index in [-0.39, 0.29) is 11.5 Å². The monoisotopic (exact) mass is 506 g/mol. The van der Waals surface area contributed by atoms with Gasteiger partial charge < -0.3 is 9.30 Å². The summed E-state index contributed by atoms with van der Waals surface area (Å²) in [7, 11) is 1.69. The van der Waals surface area contributed by atoms with E-state index in [0.29, 0.717) is 22.8 Å². The number of methoxy groups -OCH3 is 1. The van der Waals surface area contributed by atoms with Crippen LogP contribution in [0.15, 0.2) is 76.8 Å². The molecular weight excluding hydrogens is 472 g/mol. The van der Waals surface area contributed by atoms with Crippen LogP contribution in [-0.2, 0) is 0 Å². The van der Waals surface area contributed by atoms with Gasteiger partial charge in [-0.25, -0.2) is 4.98 Å². The Bertz CT molecular complexity index is 1730. The van der Waals surface area contributed by atoms with Gasteiger partial charge in [-0.15, -0.1) is 0 Å². The van der Waals surface area contributed by atoms with Crippen molar-refractivity contribution in [2.45, 2.75) is 53.0 Å². The molecule has 0 N–H and O–H groups in total. The van der Waals surface area contributed by atoms with Gasteiger partial charge in [0.1, 0.15) is 5.75 Å². The summed E-state index contributed by atoms with van der Waals surface area (Å²) < 4.78 is 9.38. The van der Waals surface area contributed by atoms with Crippen LogP contribution in [-0.4, -0.2) is 27.6 Å². The summed E-state index contributed by atoms with van der Waals surface area (Å²) in [6.07, 6.45) is 4.92. The summed E-state index contributed by atoms with van der Waals surface area (Å²) in [5, 5.41) is 6.41. The van der Waals surface area contributed by atoms with Gasteiger partial charge in [-0.1, -0.05) is 51.1 Å². The van der Waals surface area contributed by atoms with E-state index in [1.54, 1.807) is 19.4 Å². The van der Waals surface area contributed by atoms with Crippen LogP contribution in [0.25, 0.3) is 33.2 Å². The molecule has 0 aliphatic heterocycles. The zero-order chi connectivity index (χ0) is 27.0. The number of rotatable bonds is 7. The van der Waals surface area contributed by atoms with Crippen molar-refractivity contribution in [2.24, 2.45) is 5.10 Å². The molecule has 2 heterocycles. The minimum Gasteiger partial charge on any atom is -0.496 e. The number of para-hydroxylation sites is 2. The highest BCUT2D eigenvalue weighted by molar-refractivity contribution is 5.99. The molecule has 0 aliphatic rings. The summed E-state index contributed by atoms with van der Waals surface area (Å²) in [4.78, 5) is 18.7. The van der Waals surface area contributed by atoms with E-state index in [4.69, 9.17) is 14.8 Å². The SMILES string of the molecule is CC[C@H](C)n1cc(C=Nn2c(-c3cc(C(C)C)c(OC)cc3C)nc3ccccc3c2=O)c2ccccc21. The van der Waals surface area contributed by atoms with Crippen LogP contribution < -0.4 is 10.3 Å². The zero-order valence-corrected chi connectivity index (χ0v) is 22.9. The van der Waals surface area contributed by atoms with E-state index < -0.39 is 0 Å². The summed E-state index contributed by atoms with van der Waals surface area (Å²) in [5.41, 5.74) is 5.44. The number of aryl methyl sites for hydroxylation is 1. The van der Waals surface area contributed by atoms with Crippen LogP contribution in [0.5, 0.6) is 5.75 Å². The van der Waals surface area contributed by atoms with Crippen molar-refractivity contribution in [1.82, 2.24) is 14.2 Å². The average Bonchev–Trinajstić information content (AvgIpc) is 3.30. The van der Waals surface area contributed by atoms with Crippen LogP contribution in [0, 0.1) is 6.92 Å². The van der Waals surface area contributed by atoms with E-state index in [9.17, 15) is 4.79 Å². The third-order valence-corrected chi connectivity index (χ3v) is 7.34. The molecular formula is C32H34N4O2. The third kappa shape index (κ3) is 4.40. The molecule has 5 rings (SSSR count). The normalized spacial score (nSPS) is 12.7. The maximum absolute atomic E-state index is 13.8. The molecule has 6 heteroatoms. The summed E-state index contributed by atoms with van der Waals surface area (Å²) >= 11 is 0. The van der Waals surface area contributed by atoms with Gasteiger partial charge in [-0.2, -0.15) is 9.78 Å². The second kappa shape index (κ2) is 10.3. The van der Waals surface area contributed by atoms with E-state index in [1.165, 1.54) is 4.68 Å². The molecule has 0 saturated heterocycles. The molecule has 0 fully saturated rings. The fraction of sp³-hybridized carbons (Fsp3) is 0.281. The Hall–Kier alpha value is -4.19. The summed E-state index contributed by atoms with van der Waals surface area (Å²) in [5.74, 6) is 1.58. The highest BCUT2D eigenvalue weighted by Crippen LogP contribution is 2.34. The first-order valence-electron chi connectivity index (χ1n) is 13.2. The fourth-order valence-corrected chi connectivity index (χ4v) is 4.99. The lowest BCUT2D eigenvalue weighted by atomic mass is 9.96. The van der Waals surface area contributed by atoms with Crippen molar-refractivity contribution >= 4 is 28.0 Å². The van der Waals surface area contributed by atoms with E-state index in [1.807, 2.05) is 37.3 Å². The van der Waals surface area contributed by atoms with Gasteiger partial charge in [0.15, 0.2) is 5.82 Å². The number of nitrogens with zero attached hydrogens (tertiary/aromatic N) is 4. The Labute approximate surface area is 223 Å². The molecule has 0 aliphatic carbocycles. The van der Waals surface area contributed by atoms with E-state index in [2.05, 4.69) is 62.7 Å². The number of fused-ring (bicyclic) bond motifs is 2. The van der Waals surface area contributed by atoms with E-state index in [0.717, 1.165) is 45.3 Å². The first-order chi connectivity index (χ1) is 18.3. The second-order valence-electron chi connectivity index (χ2n) is 10.1. The zero-order valence-electron chi connectivity index (χ0n) is 22.9. The van der Waals surface area contributed by atoms with Crippen molar-refractivity contribution in [3.63, 3.8) is 0 Å². The first kappa shape index (κ1) is 25.5. The van der Waals surface area contributed by atoms with Gasteiger partial charge in [0.05, 0.1) is 24.2 Å². The first-order valence-corrected chi connectivity index (χ1v) is 13.2. The molecule has 0 saturated carbocycles. The smallest absolute Gasteiger partial charge is 0.282 e. The minimum absolute atomic E-state index is 0.200. The van der Waals surface area contributed by atoms with Crippen LogP contribution >= 0.6 is 0 Å². The van der Waals surface area contributed by atoms with Crippen LogP contribution in [0.4, 0.5) is 0 Å². The molecule has 3 aromatic carbocycles. The van der Waals surface area contributed by atoms with Crippen LogP contribution in [0.3, 0.4) is 0 Å². The molecule has 5 aromatic rings. The lowest BCUT2D eigenvalue weighted by molar-refractivity contribution is 0.407. The molecule has 2 aromatic heterocycles. The van der Waals surface area contributed by atoms with Gasteiger partial charge in [0.25, 0.3) is 5.56 Å². The molecule has 1 atom stereocenters. The summed E-state index contributed by atoms with van der Waals surface area (Å²) in [6.45, 7) is 10.7. The predicted molar refractivity (Wildman–Crippen MR) is 157 cm³/mol. The molecule has 0 spiro atoms. The quantitative estimate of drug-likeness (QED) is 0.217. The molecule has 38 heavy (non-hydrogen) atoms. The van der Waals surface area contributed by atoms with Crippen LogP contribution in [0.1, 0.15) is 62.8 Å². The van der Waals surface area contributed by atoms with Gasteiger partial charge in [-0.3, -0.25) is 4.79 Å². The Morgan fingerprint density at radius 2 is 1.74 bits per heavy atom. The Morgan fingerprint density at radius 3 is 2.45 bits per heavy atom. The molecule has 0 radical (unpaired) electrons. The van der Waals surface area contributed by atoms with Gasteiger partial charge in [0, 0.05) is 34.3 Å². The summed E-state index contributed by atoms with van der Waals surface area (Å²) in [6, 6.07) is 20.2. The van der Waals surface area contributed by atoms with Crippen molar-refractivity contribution in [1.29, 1.82) is 0 Å². The number of hydrogen-bond donors (Lipinski definition) is 0. The fourth-order valence-electron chi connectivity index (χ4n) is 4.99. The van der Waals surface area contributed by atoms with Gasteiger partial charge >= 0.3 is 0 Å². The molecule has 0 unspecified atom stereocenters. The number of aromatic nitrogens is 3. The Balaban J connectivity index is 1.75. The van der Waals surface area contributed by atoms with Crippen molar-refractivity contribution in [2.75, 3.05) is 7.11 Å². The molecule has 194 valence electrons. The van der Waals surface area contributed by atoms with Crippen molar-refractivity contribution in [3.8, 4) is 17.1 Å². The topological polar surface area (TPSA) is 61.4 Å². The standard InChI is InChI=1S/C32H34N4O2/c1-7-22(5)35-19-23(24-12-9-11-15-29(24)35)18-33-36-31(34-28-14-10-8-13-25(28)32(36)37)27-17-26(20(2)3)30(38-6)16-21(27)4/h8-20,22H,7H2,1-6H3/t22-/m0/s1.